The standard InChI is InChI=1S/C14H14BrN3O/c15-13-6-2-1-4-11(13)7-9-17-14(19)18-12-5-3-8-16-10-12/h1-6,8,10H,7,9H2,(H2,17,18,19). The third-order valence-electron chi connectivity index (χ3n) is 2.56. The molecule has 5 heteroatoms. The van der Waals surface area contributed by atoms with Gasteiger partial charge in [-0.2, -0.15) is 0 Å². The van der Waals surface area contributed by atoms with Gasteiger partial charge in [-0.15, -0.1) is 0 Å². The number of amides is 2. The smallest absolute Gasteiger partial charge is 0.319 e. The van der Waals surface area contributed by atoms with Crippen molar-refractivity contribution < 1.29 is 4.79 Å². The molecule has 0 aliphatic carbocycles. The molecule has 0 saturated heterocycles. The van der Waals surface area contributed by atoms with Crippen molar-refractivity contribution in [1.82, 2.24) is 10.3 Å². The maximum absolute atomic E-state index is 11.6. The number of benzene rings is 1. The molecule has 0 atom stereocenters. The van der Waals surface area contributed by atoms with Crippen LogP contribution in [0.15, 0.2) is 53.3 Å². The van der Waals surface area contributed by atoms with Gasteiger partial charge >= 0.3 is 6.03 Å². The van der Waals surface area contributed by atoms with Gasteiger partial charge in [-0.05, 0) is 30.2 Å². The van der Waals surface area contributed by atoms with Gasteiger partial charge in [0.2, 0.25) is 0 Å². The highest BCUT2D eigenvalue weighted by Crippen LogP contribution is 2.15. The van der Waals surface area contributed by atoms with Gasteiger partial charge in [0, 0.05) is 17.2 Å². The summed E-state index contributed by atoms with van der Waals surface area (Å²) in [5.74, 6) is 0. The van der Waals surface area contributed by atoms with E-state index in [1.54, 1.807) is 24.5 Å². The number of aromatic nitrogens is 1. The molecule has 1 aromatic heterocycles. The summed E-state index contributed by atoms with van der Waals surface area (Å²) in [6.07, 6.45) is 4.05. The van der Waals surface area contributed by atoms with E-state index in [0.717, 1.165) is 10.9 Å². The number of nitrogens with zero attached hydrogens (tertiary/aromatic N) is 1. The minimum atomic E-state index is -0.222. The summed E-state index contributed by atoms with van der Waals surface area (Å²) in [5, 5.41) is 5.53. The van der Waals surface area contributed by atoms with Gasteiger partial charge in [-0.1, -0.05) is 34.1 Å². The lowest BCUT2D eigenvalue weighted by Crippen LogP contribution is -2.30. The van der Waals surface area contributed by atoms with Gasteiger partial charge in [0.05, 0.1) is 11.9 Å². The van der Waals surface area contributed by atoms with E-state index in [1.165, 1.54) is 5.56 Å². The van der Waals surface area contributed by atoms with E-state index >= 15 is 0 Å². The van der Waals surface area contributed by atoms with Crippen LogP contribution in [0.2, 0.25) is 0 Å². The van der Waals surface area contributed by atoms with Gasteiger partial charge in [0.1, 0.15) is 0 Å². The van der Waals surface area contributed by atoms with Crippen LogP contribution in [0.5, 0.6) is 0 Å². The number of nitrogens with one attached hydrogen (secondary N) is 2. The van der Waals surface area contributed by atoms with Crippen molar-refractivity contribution >= 4 is 27.6 Å². The van der Waals surface area contributed by atoms with Gasteiger partial charge in [0.25, 0.3) is 0 Å². The average molecular weight is 320 g/mol. The van der Waals surface area contributed by atoms with Crippen molar-refractivity contribution in [3.8, 4) is 0 Å². The zero-order chi connectivity index (χ0) is 13.5. The van der Waals surface area contributed by atoms with Crippen LogP contribution in [0, 0.1) is 0 Å². The van der Waals surface area contributed by atoms with Crippen LogP contribution in [-0.4, -0.2) is 17.6 Å². The molecule has 0 radical (unpaired) electrons. The number of halogens is 1. The lowest BCUT2D eigenvalue weighted by molar-refractivity contribution is 0.252. The van der Waals surface area contributed by atoms with Crippen molar-refractivity contribution in [1.29, 1.82) is 0 Å². The molecule has 1 heterocycles. The summed E-state index contributed by atoms with van der Waals surface area (Å²) >= 11 is 3.48. The summed E-state index contributed by atoms with van der Waals surface area (Å²) in [4.78, 5) is 15.6. The Morgan fingerprint density at radius 1 is 1.21 bits per heavy atom. The van der Waals surface area contributed by atoms with Crippen molar-refractivity contribution in [2.24, 2.45) is 0 Å². The maximum Gasteiger partial charge on any atom is 0.319 e. The zero-order valence-corrected chi connectivity index (χ0v) is 11.9. The number of hydrogen-bond acceptors (Lipinski definition) is 2. The van der Waals surface area contributed by atoms with Crippen LogP contribution in [0.3, 0.4) is 0 Å². The van der Waals surface area contributed by atoms with Crippen LogP contribution in [0.1, 0.15) is 5.56 Å². The molecule has 0 saturated carbocycles. The molecule has 2 amide bonds. The summed E-state index contributed by atoms with van der Waals surface area (Å²) in [7, 11) is 0. The van der Waals surface area contributed by atoms with E-state index in [0.29, 0.717) is 12.2 Å². The van der Waals surface area contributed by atoms with Gasteiger partial charge in [-0.3, -0.25) is 4.98 Å². The summed E-state index contributed by atoms with van der Waals surface area (Å²) in [5.41, 5.74) is 1.85. The quantitative estimate of drug-likeness (QED) is 0.909. The summed E-state index contributed by atoms with van der Waals surface area (Å²) < 4.78 is 1.06. The first kappa shape index (κ1) is 13.5. The predicted molar refractivity (Wildman–Crippen MR) is 79.1 cm³/mol. The Morgan fingerprint density at radius 2 is 2.05 bits per heavy atom. The first-order valence-electron chi connectivity index (χ1n) is 5.94. The fraction of sp³-hybridized carbons (Fsp3) is 0.143. The molecule has 2 aromatic rings. The second-order valence-electron chi connectivity index (χ2n) is 3.96. The van der Waals surface area contributed by atoms with E-state index in [9.17, 15) is 4.79 Å². The Morgan fingerprint density at radius 3 is 2.79 bits per heavy atom. The predicted octanol–water partition coefficient (Wildman–Crippen LogP) is 3.21. The van der Waals surface area contributed by atoms with Crippen molar-refractivity contribution in [2.45, 2.75) is 6.42 Å². The van der Waals surface area contributed by atoms with E-state index in [-0.39, 0.29) is 6.03 Å². The highest BCUT2D eigenvalue weighted by atomic mass is 79.9. The summed E-state index contributed by atoms with van der Waals surface area (Å²) in [6, 6.07) is 11.3. The van der Waals surface area contributed by atoms with Gasteiger partial charge < -0.3 is 10.6 Å². The Kier molecular flexibility index (Phi) is 4.92. The van der Waals surface area contributed by atoms with Crippen LogP contribution >= 0.6 is 15.9 Å². The molecule has 0 aliphatic rings. The monoisotopic (exact) mass is 319 g/mol. The number of rotatable bonds is 4. The third-order valence-corrected chi connectivity index (χ3v) is 3.33. The normalized spacial score (nSPS) is 9.95. The lowest BCUT2D eigenvalue weighted by atomic mass is 10.1. The Hall–Kier alpha value is -1.88. The maximum atomic E-state index is 11.6. The fourth-order valence-corrected chi connectivity index (χ4v) is 2.11. The third kappa shape index (κ3) is 4.37. The molecule has 0 spiro atoms. The minimum Gasteiger partial charge on any atom is -0.338 e. The van der Waals surface area contributed by atoms with Gasteiger partial charge in [0.15, 0.2) is 0 Å². The Bertz CT molecular complexity index is 545. The molecule has 0 aliphatic heterocycles. The average Bonchev–Trinajstić information content (AvgIpc) is 2.42. The molecule has 2 rings (SSSR count). The summed E-state index contributed by atoms with van der Waals surface area (Å²) in [6.45, 7) is 0.578. The van der Waals surface area contributed by atoms with Gasteiger partial charge in [-0.25, -0.2) is 4.79 Å². The molecular weight excluding hydrogens is 306 g/mol. The first-order chi connectivity index (χ1) is 9.25. The molecule has 4 nitrogen and oxygen atoms in total. The molecule has 1 aromatic carbocycles. The molecular formula is C14H14BrN3O. The van der Waals surface area contributed by atoms with Crippen LogP contribution in [0.4, 0.5) is 10.5 Å². The molecule has 0 unspecified atom stereocenters. The van der Waals surface area contributed by atoms with Crippen molar-refractivity contribution in [3.63, 3.8) is 0 Å². The van der Waals surface area contributed by atoms with Crippen LogP contribution in [-0.2, 0) is 6.42 Å². The molecule has 2 N–H and O–H groups in total. The zero-order valence-electron chi connectivity index (χ0n) is 10.3. The van der Waals surface area contributed by atoms with E-state index in [4.69, 9.17) is 0 Å². The topological polar surface area (TPSA) is 54.0 Å². The van der Waals surface area contributed by atoms with Crippen LogP contribution < -0.4 is 10.6 Å². The number of pyridine rings is 1. The van der Waals surface area contributed by atoms with E-state index in [2.05, 4.69) is 31.5 Å². The number of carbonyl (C=O) groups excluding carboxylic acids is 1. The molecule has 19 heavy (non-hydrogen) atoms. The molecule has 0 bridgehead atoms. The number of urea groups is 1. The first-order valence-corrected chi connectivity index (χ1v) is 6.73. The van der Waals surface area contributed by atoms with Crippen molar-refractivity contribution in [3.05, 3.63) is 58.8 Å². The second kappa shape index (κ2) is 6.89. The Balaban J connectivity index is 1.77. The highest BCUT2D eigenvalue weighted by molar-refractivity contribution is 9.10. The largest absolute Gasteiger partial charge is 0.338 e. The Labute approximate surface area is 120 Å². The number of carbonyl (C=O) groups is 1. The lowest BCUT2D eigenvalue weighted by Gasteiger charge is -2.08. The SMILES string of the molecule is O=C(NCCc1ccccc1Br)Nc1cccnc1. The minimum absolute atomic E-state index is 0.222. The number of anilines is 1. The molecule has 0 fully saturated rings. The number of hydrogen-bond donors (Lipinski definition) is 2. The van der Waals surface area contributed by atoms with Crippen LogP contribution in [0.25, 0.3) is 0 Å². The van der Waals surface area contributed by atoms with Crippen molar-refractivity contribution in [2.75, 3.05) is 11.9 Å². The molecule has 98 valence electrons. The second-order valence-corrected chi connectivity index (χ2v) is 4.82. The highest BCUT2D eigenvalue weighted by Gasteiger charge is 2.02. The van der Waals surface area contributed by atoms with E-state index < -0.39 is 0 Å². The fourth-order valence-electron chi connectivity index (χ4n) is 1.62. The van der Waals surface area contributed by atoms with E-state index in [1.807, 2.05) is 24.3 Å².